The fraction of sp³-hybridized carbons (Fsp3) is 0.812. The summed E-state index contributed by atoms with van der Waals surface area (Å²) in [5.41, 5.74) is 3.67. The first-order chi connectivity index (χ1) is 17.6. The summed E-state index contributed by atoms with van der Waals surface area (Å²) in [6.07, 6.45) is 13.5. The third-order valence-electron chi connectivity index (χ3n) is 11.4. The molecule has 3 saturated carbocycles. The molecule has 9 atom stereocenters. The molecule has 5 heteroatoms. The summed E-state index contributed by atoms with van der Waals surface area (Å²) in [4.78, 5) is 23.2. The van der Waals surface area contributed by atoms with Gasteiger partial charge in [0, 0.05) is 38.6 Å². The van der Waals surface area contributed by atoms with Crippen LogP contribution in [0.25, 0.3) is 0 Å². The van der Waals surface area contributed by atoms with Gasteiger partial charge in [-0.15, -0.1) is 0 Å². The van der Waals surface area contributed by atoms with Gasteiger partial charge in [-0.25, -0.2) is 0 Å². The Morgan fingerprint density at radius 3 is 2.73 bits per heavy atom. The summed E-state index contributed by atoms with van der Waals surface area (Å²) < 4.78 is 12.5. The van der Waals surface area contributed by atoms with Crippen molar-refractivity contribution in [3.8, 4) is 0 Å². The Morgan fingerprint density at radius 1 is 1.22 bits per heavy atom. The molecule has 5 nitrogen and oxygen atoms in total. The average molecular weight is 512 g/mol. The van der Waals surface area contributed by atoms with E-state index in [-0.39, 0.29) is 23.4 Å². The molecule has 37 heavy (non-hydrogen) atoms. The highest BCUT2D eigenvalue weighted by atomic mass is 16.5. The molecule has 5 aliphatic rings. The Labute approximate surface area is 224 Å². The van der Waals surface area contributed by atoms with E-state index < -0.39 is 0 Å². The lowest BCUT2D eigenvalue weighted by Crippen LogP contribution is -2.50. The zero-order chi connectivity index (χ0) is 26.5. The molecule has 5 rings (SSSR count). The number of ether oxygens (including phenoxy) is 2. The zero-order valence-electron chi connectivity index (χ0n) is 24.0. The number of hydrogen-bond acceptors (Lipinski definition) is 4. The molecule has 0 aromatic heterocycles. The van der Waals surface area contributed by atoms with Gasteiger partial charge in [0.25, 0.3) is 0 Å². The number of esters is 1. The van der Waals surface area contributed by atoms with Crippen molar-refractivity contribution in [3.05, 3.63) is 23.0 Å². The number of amides is 1. The molecule has 1 aliphatic heterocycles. The Morgan fingerprint density at radius 2 is 2.00 bits per heavy atom. The van der Waals surface area contributed by atoms with Crippen LogP contribution in [0.15, 0.2) is 23.0 Å². The summed E-state index contributed by atoms with van der Waals surface area (Å²) in [5, 5.41) is 2.96. The molecule has 4 aliphatic carbocycles. The smallest absolute Gasteiger partial charge is 0.305 e. The lowest BCUT2D eigenvalue weighted by atomic mass is 9.47. The largest absolute Gasteiger partial charge is 0.494 e. The Kier molecular flexibility index (Phi) is 7.30. The average Bonchev–Trinajstić information content (AvgIpc) is 3.34. The van der Waals surface area contributed by atoms with Gasteiger partial charge >= 0.3 is 5.97 Å². The van der Waals surface area contributed by atoms with Crippen molar-refractivity contribution in [1.29, 1.82) is 0 Å². The van der Waals surface area contributed by atoms with Crippen molar-refractivity contribution >= 4 is 11.9 Å². The third-order valence-corrected chi connectivity index (χ3v) is 11.4. The van der Waals surface area contributed by atoms with Crippen LogP contribution >= 0.6 is 0 Å². The maximum Gasteiger partial charge on any atom is 0.305 e. The number of carbonyl (C=O) groups is 2. The second-order valence-electron chi connectivity index (χ2n) is 13.6. The zero-order valence-corrected chi connectivity index (χ0v) is 24.0. The predicted molar refractivity (Wildman–Crippen MR) is 145 cm³/mol. The van der Waals surface area contributed by atoms with Crippen molar-refractivity contribution in [1.82, 2.24) is 5.32 Å². The van der Waals surface area contributed by atoms with E-state index in [2.05, 4.69) is 39.1 Å². The normalized spacial score (nSPS) is 41.0. The van der Waals surface area contributed by atoms with E-state index in [0.29, 0.717) is 29.8 Å². The van der Waals surface area contributed by atoms with Crippen molar-refractivity contribution < 1.29 is 19.1 Å². The van der Waals surface area contributed by atoms with E-state index in [1.807, 2.05) is 6.92 Å². The molecule has 0 aromatic rings. The van der Waals surface area contributed by atoms with E-state index in [1.54, 1.807) is 12.5 Å². The molecule has 0 bridgehead atoms. The summed E-state index contributed by atoms with van der Waals surface area (Å²) in [5.74, 6) is 4.45. The van der Waals surface area contributed by atoms with Crippen molar-refractivity contribution in [2.75, 3.05) is 6.54 Å². The topological polar surface area (TPSA) is 64.6 Å². The van der Waals surface area contributed by atoms with Crippen LogP contribution in [0, 0.1) is 40.4 Å². The van der Waals surface area contributed by atoms with Crippen LogP contribution in [-0.2, 0) is 19.1 Å². The second-order valence-corrected chi connectivity index (χ2v) is 13.6. The lowest BCUT2D eigenvalue weighted by Gasteiger charge is -2.58. The first-order valence-electron chi connectivity index (χ1n) is 15.1. The van der Waals surface area contributed by atoms with Gasteiger partial charge in [-0.3, -0.25) is 9.59 Å². The molecule has 1 amide bonds. The predicted octanol–water partition coefficient (Wildman–Crippen LogP) is 6.72. The Hall–Kier alpha value is -1.78. The summed E-state index contributed by atoms with van der Waals surface area (Å²) in [6.45, 7) is 13.9. The van der Waals surface area contributed by atoms with Gasteiger partial charge in [-0.1, -0.05) is 39.3 Å². The number of rotatable bonds is 7. The summed E-state index contributed by atoms with van der Waals surface area (Å²) in [7, 11) is 0. The maximum atomic E-state index is 11.9. The van der Waals surface area contributed by atoms with E-state index >= 15 is 0 Å². The lowest BCUT2D eigenvalue weighted by molar-refractivity contribution is -0.151. The monoisotopic (exact) mass is 511 g/mol. The minimum atomic E-state index is -0.0567. The number of hydrogen-bond donors (Lipinski definition) is 1. The highest BCUT2D eigenvalue weighted by Gasteiger charge is 2.63. The SMILES string of the molecule is CCC(=O)O[C@@H]1CC[C@@]2(C)C(=CC[C@H]3[C@H]2CC[C@]2(C)[C@@H]4C(C)=C(CC[C@H](C)CNC(C)=O)O[C@H]4C[C@@H]32)C1. The summed E-state index contributed by atoms with van der Waals surface area (Å²) >= 11 is 0. The van der Waals surface area contributed by atoms with Crippen LogP contribution in [0.3, 0.4) is 0 Å². The van der Waals surface area contributed by atoms with Gasteiger partial charge in [-0.05, 0) is 91.9 Å². The van der Waals surface area contributed by atoms with Gasteiger partial charge in [0.2, 0.25) is 5.91 Å². The fourth-order valence-corrected chi connectivity index (χ4v) is 9.38. The minimum Gasteiger partial charge on any atom is -0.494 e. The molecule has 0 unspecified atom stereocenters. The molecule has 1 heterocycles. The van der Waals surface area contributed by atoms with Crippen molar-refractivity contribution in [2.24, 2.45) is 40.4 Å². The summed E-state index contributed by atoms with van der Waals surface area (Å²) in [6, 6.07) is 0. The highest BCUT2D eigenvalue weighted by Crippen LogP contribution is 2.69. The van der Waals surface area contributed by atoms with E-state index in [9.17, 15) is 9.59 Å². The van der Waals surface area contributed by atoms with Crippen LogP contribution < -0.4 is 5.32 Å². The molecule has 1 N–H and O–H groups in total. The van der Waals surface area contributed by atoms with Crippen molar-refractivity contribution in [3.63, 3.8) is 0 Å². The van der Waals surface area contributed by atoms with Crippen LogP contribution in [0.2, 0.25) is 0 Å². The third kappa shape index (κ3) is 4.67. The minimum absolute atomic E-state index is 0.0509. The van der Waals surface area contributed by atoms with Crippen LogP contribution in [0.1, 0.15) is 106 Å². The van der Waals surface area contributed by atoms with Crippen LogP contribution in [-0.4, -0.2) is 30.6 Å². The van der Waals surface area contributed by atoms with E-state index in [1.165, 1.54) is 37.0 Å². The number of carbonyl (C=O) groups excluding carboxylic acids is 2. The molecule has 0 radical (unpaired) electrons. The quantitative estimate of drug-likeness (QED) is 0.304. The first kappa shape index (κ1) is 26.8. The molecule has 206 valence electrons. The second kappa shape index (κ2) is 10.1. The van der Waals surface area contributed by atoms with E-state index in [4.69, 9.17) is 9.47 Å². The fourth-order valence-electron chi connectivity index (χ4n) is 9.38. The molecule has 0 aromatic carbocycles. The van der Waals surface area contributed by atoms with Crippen molar-refractivity contribution in [2.45, 2.75) is 118 Å². The van der Waals surface area contributed by atoms with Crippen LogP contribution in [0.4, 0.5) is 0 Å². The molecule has 0 saturated heterocycles. The molecular weight excluding hydrogens is 462 g/mol. The van der Waals surface area contributed by atoms with E-state index in [0.717, 1.165) is 56.4 Å². The number of fused-ring (bicyclic) bond motifs is 7. The molecule has 0 spiro atoms. The number of allylic oxidation sites excluding steroid dienone is 2. The van der Waals surface area contributed by atoms with Crippen LogP contribution in [0.5, 0.6) is 0 Å². The van der Waals surface area contributed by atoms with Gasteiger partial charge in [0.1, 0.15) is 12.2 Å². The maximum absolute atomic E-state index is 11.9. The highest BCUT2D eigenvalue weighted by molar-refractivity contribution is 5.72. The molecule has 3 fully saturated rings. The Bertz CT molecular complexity index is 983. The number of nitrogens with one attached hydrogen (secondary N) is 1. The first-order valence-corrected chi connectivity index (χ1v) is 15.1. The van der Waals surface area contributed by atoms with Gasteiger partial charge in [0.15, 0.2) is 0 Å². The Balaban J connectivity index is 1.28. The van der Waals surface area contributed by atoms with Gasteiger partial charge in [-0.2, -0.15) is 0 Å². The van der Waals surface area contributed by atoms with Gasteiger partial charge in [0.05, 0.1) is 5.76 Å². The van der Waals surface area contributed by atoms with Gasteiger partial charge < -0.3 is 14.8 Å². The molecular formula is C32H49NO4. The standard InChI is InChI=1S/C32H49NO4/c1-7-29(35)36-23-12-14-31(5)22(16-23)9-10-24-25(31)13-15-32(6)26(24)17-28-30(32)20(3)27(37-28)11-8-19(2)18-33-21(4)34/h9,19,23-26,28,30H,7-8,10-18H2,1-6H3,(H,33,34)/t19-,23+,24-,25+,26-,28-,30+,31-,32-/m0/s1.